The van der Waals surface area contributed by atoms with E-state index in [4.69, 9.17) is 25.8 Å². The molecule has 1 amide bonds. The number of hydrogen-bond acceptors (Lipinski definition) is 6. The first kappa shape index (κ1) is 21.9. The van der Waals surface area contributed by atoms with E-state index in [1.165, 1.54) is 20.4 Å². The monoisotopic (exact) mass is 415 g/mol. The number of hydrogen-bond donors (Lipinski definition) is 2. The van der Waals surface area contributed by atoms with Gasteiger partial charge in [0.1, 0.15) is 28.9 Å². The van der Waals surface area contributed by atoms with Gasteiger partial charge in [0, 0.05) is 24.9 Å². The van der Waals surface area contributed by atoms with E-state index in [0.29, 0.717) is 35.2 Å². The van der Waals surface area contributed by atoms with Crippen molar-refractivity contribution in [2.75, 3.05) is 33.2 Å². The number of benzene rings is 2. The Labute approximate surface area is 174 Å². The highest BCUT2D eigenvalue weighted by Gasteiger charge is 2.12. The molecule has 29 heavy (non-hydrogen) atoms. The SMILES string of the molecule is COc1ccc(CCNC(=O)/C(C#N)=C\Nc2cc(OC)c(Cl)cc2OC)cc1. The molecule has 2 N–H and O–H groups in total. The Bertz CT molecular complexity index is 921. The number of carbonyl (C=O) groups excluding carboxylic acids is 1. The molecule has 0 aliphatic rings. The summed E-state index contributed by atoms with van der Waals surface area (Å²) < 4.78 is 15.5. The van der Waals surface area contributed by atoms with Gasteiger partial charge in [0.25, 0.3) is 5.91 Å². The molecule has 0 saturated carbocycles. The predicted molar refractivity (Wildman–Crippen MR) is 112 cm³/mol. The number of rotatable bonds is 9. The minimum absolute atomic E-state index is 0.0734. The van der Waals surface area contributed by atoms with Crippen molar-refractivity contribution < 1.29 is 19.0 Å². The van der Waals surface area contributed by atoms with Crippen molar-refractivity contribution in [3.8, 4) is 23.3 Å². The normalized spacial score (nSPS) is 10.7. The molecule has 2 aromatic carbocycles. The maximum atomic E-state index is 12.3. The van der Waals surface area contributed by atoms with E-state index in [0.717, 1.165) is 11.3 Å². The van der Waals surface area contributed by atoms with E-state index in [1.807, 2.05) is 30.3 Å². The van der Waals surface area contributed by atoms with Crippen LogP contribution in [0.15, 0.2) is 48.2 Å². The Kier molecular flexibility index (Phi) is 8.19. The zero-order valence-electron chi connectivity index (χ0n) is 16.4. The van der Waals surface area contributed by atoms with Gasteiger partial charge < -0.3 is 24.8 Å². The number of halogens is 1. The predicted octanol–water partition coefficient (Wildman–Crippen LogP) is 3.54. The lowest BCUT2D eigenvalue weighted by Gasteiger charge is -2.12. The average molecular weight is 416 g/mol. The summed E-state index contributed by atoms with van der Waals surface area (Å²) in [6, 6.07) is 12.6. The smallest absolute Gasteiger partial charge is 0.263 e. The first-order valence-electron chi connectivity index (χ1n) is 8.71. The molecular weight excluding hydrogens is 394 g/mol. The molecular formula is C21H22ClN3O4. The molecule has 0 radical (unpaired) electrons. The van der Waals surface area contributed by atoms with Crippen molar-refractivity contribution in [1.82, 2.24) is 5.32 Å². The molecule has 2 aromatic rings. The minimum atomic E-state index is -0.478. The van der Waals surface area contributed by atoms with E-state index in [2.05, 4.69) is 10.6 Å². The Balaban J connectivity index is 2.00. The Hall–Kier alpha value is -3.37. The fourth-order valence-electron chi connectivity index (χ4n) is 2.48. The lowest BCUT2D eigenvalue weighted by molar-refractivity contribution is -0.117. The Morgan fingerprint density at radius 2 is 1.79 bits per heavy atom. The average Bonchev–Trinajstić information content (AvgIpc) is 2.75. The summed E-state index contributed by atoms with van der Waals surface area (Å²) in [5.41, 5.74) is 1.48. The van der Waals surface area contributed by atoms with Crippen LogP contribution < -0.4 is 24.8 Å². The van der Waals surface area contributed by atoms with Crippen LogP contribution in [0.5, 0.6) is 17.2 Å². The van der Waals surface area contributed by atoms with Gasteiger partial charge in [-0.2, -0.15) is 5.26 Å². The molecule has 2 rings (SSSR count). The Morgan fingerprint density at radius 3 is 2.38 bits per heavy atom. The highest BCUT2D eigenvalue weighted by atomic mass is 35.5. The highest BCUT2D eigenvalue weighted by Crippen LogP contribution is 2.35. The minimum Gasteiger partial charge on any atom is -0.497 e. The quantitative estimate of drug-likeness (QED) is 0.480. The number of nitrogens with zero attached hydrogens (tertiary/aromatic N) is 1. The standard InChI is InChI=1S/C21H22ClN3O4/c1-27-16-6-4-14(5-7-16)8-9-24-21(26)15(12-23)13-25-18-11-19(28-2)17(22)10-20(18)29-3/h4-7,10-11,13,25H,8-9H2,1-3H3,(H,24,26)/b15-13-. The van der Waals surface area contributed by atoms with E-state index in [-0.39, 0.29) is 5.57 Å². The molecule has 7 nitrogen and oxygen atoms in total. The van der Waals surface area contributed by atoms with Gasteiger partial charge in [0.05, 0.1) is 32.0 Å². The van der Waals surface area contributed by atoms with Gasteiger partial charge in [-0.05, 0) is 24.1 Å². The summed E-state index contributed by atoms with van der Waals surface area (Å²) in [5.74, 6) is 1.18. The topological polar surface area (TPSA) is 92.6 Å². The van der Waals surface area contributed by atoms with Crippen molar-refractivity contribution >= 4 is 23.2 Å². The molecule has 0 fully saturated rings. The molecule has 152 valence electrons. The molecule has 0 saturated heterocycles. The molecule has 8 heteroatoms. The van der Waals surface area contributed by atoms with E-state index in [9.17, 15) is 10.1 Å². The third-order valence-corrected chi connectivity index (χ3v) is 4.36. The maximum Gasteiger partial charge on any atom is 0.263 e. The number of methoxy groups -OCH3 is 3. The number of anilines is 1. The summed E-state index contributed by atoms with van der Waals surface area (Å²) in [5, 5.41) is 15.3. The van der Waals surface area contributed by atoms with Crippen molar-refractivity contribution in [1.29, 1.82) is 5.26 Å². The van der Waals surface area contributed by atoms with Crippen LogP contribution in [0.25, 0.3) is 0 Å². The van der Waals surface area contributed by atoms with Crippen LogP contribution in [0.3, 0.4) is 0 Å². The third kappa shape index (κ3) is 6.06. The number of ether oxygens (including phenoxy) is 3. The van der Waals surface area contributed by atoms with Crippen molar-refractivity contribution in [3.63, 3.8) is 0 Å². The van der Waals surface area contributed by atoms with Gasteiger partial charge in [-0.1, -0.05) is 23.7 Å². The summed E-state index contributed by atoms with van der Waals surface area (Å²) >= 11 is 6.07. The lowest BCUT2D eigenvalue weighted by Crippen LogP contribution is -2.27. The van der Waals surface area contributed by atoms with Crippen LogP contribution in [0.1, 0.15) is 5.56 Å². The Morgan fingerprint density at radius 1 is 1.10 bits per heavy atom. The summed E-state index contributed by atoms with van der Waals surface area (Å²) in [6.07, 6.45) is 1.94. The van der Waals surface area contributed by atoms with Crippen LogP contribution in [0.2, 0.25) is 5.02 Å². The van der Waals surface area contributed by atoms with Crippen LogP contribution in [0.4, 0.5) is 5.69 Å². The molecule has 0 aliphatic heterocycles. The lowest BCUT2D eigenvalue weighted by atomic mass is 10.1. The van der Waals surface area contributed by atoms with E-state index >= 15 is 0 Å². The molecule has 0 atom stereocenters. The maximum absolute atomic E-state index is 12.3. The van der Waals surface area contributed by atoms with Crippen molar-refractivity contribution in [2.24, 2.45) is 0 Å². The number of nitriles is 1. The fourth-order valence-corrected chi connectivity index (χ4v) is 2.71. The van der Waals surface area contributed by atoms with E-state index in [1.54, 1.807) is 19.2 Å². The third-order valence-electron chi connectivity index (χ3n) is 4.07. The van der Waals surface area contributed by atoms with Crippen molar-refractivity contribution in [2.45, 2.75) is 6.42 Å². The summed E-state index contributed by atoms with van der Waals surface area (Å²) in [6.45, 7) is 0.391. The first-order valence-corrected chi connectivity index (χ1v) is 9.09. The van der Waals surface area contributed by atoms with Crippen LogP contribution in [-0.4, -0.2) is 33.8 Å². The first-order chi connectivity index (χ1) is 14.0. The second-order valence-corrected chi connectivity index (χ2v) is 6.26. The highest BCUT2D eigenvalue weighted by molar-refractivity contribution is 6.32. The zero-order chi connectivity index (χ0) is 21.2. The van der Waals surface area contributed by atoms with Gasteiger partial charge in [-0.3, -0.25) is 4.79 Å². The van der Waals surface area contributed by atoms with Crippen LogP contribution in [-0.2, 0) is 11.2 Å². The molecule has 0 unspecified atom stereocenters. The summed E-state index contributed by atoms with van der Waals surface area (Å²) in [4.78, 5) is 12.3. The number of nitrogens with one attached hydrogen (secondary N) is 2. The second-order valence-electron chi connectivity index (χ2n) is 5.86. The van der Waals surface area contributed by atoms with Crippen LogP contribution >= 0.6 is 11.6 Å². The molecule has 0 aromatic heterocycles. The number of amides is 1. The largest absolute Gasteiger partial charge is 0.497 e. The van der Waals surface area contributed by atoms with Gasteiger partial charge in [0.15, 0.2) is 0 Å². The molecule has 0 aliphatic carbocycles. The second kappa shape index (κ2) is 10.8. The van der Waals surface area contributed by atoms with E-state index < -0.39 is 5.91 Å². The summed E-state index contributed by atoms with van der Waals surface area (Å²) in [7, 11) is 4.59. The van der Waals surface area contributed by atoms with Gasteiger partial charge in [0.2, 0.25) is 0 Å². The van der Waals surface area contributed by atoms with Gasteiger partial charge in [-0.15, -0.1) is 0 Å². The fraction of sp³-hybridized carbons (Fsp3) is 0.238. The number of carbonyl (C=O) groups is 1. The zero-order valence-corrected chi connectivity index (χ0v) is 17.2. The van der Waals surface area contributed by atoms with Crippen LogP contribution in [0, 0.1) is 11.3 Å². The van der Waals surface area contributed by atoms with Gasteiger partial charge in [-0.25, -0.2) is 0 Å². The van der Waals surface area contributed by atoms with Gasteiger partial charge >= 0.3 is 0 Å². The molecule has 0 heterocycles. The molecule has 0 bridgehead atoms. The van der Waals surface area contributed by atoms with Crippen molar-refractivity contribution in [3.05, 3.63) is 58.8 Å². The molecule has 0 spiro atoms.